The van der Waals surface area contributed by atoms with E-state index in [0.29, 0.717) is 23.6 Å². The molecule has 0 fully saturated rings. The number of carbonyl (C=O) groups is 2. The van der Waals surface area contributed by atoms with Gasteiger partial charge in [0.05, 0.1) is 18.7 Å². The molecule has 0 bridgehead atoms. The van der Waals surface area contributed by atoms with Crippen LogP contribution in [0.3, 0.4) is 0 Å². The van der Waals surface area contributed by atoms with Crippen molar-refractivity contribution in [3.63, 3.8) is 0 Å². The van der Waals surface area contributed by atoms with Crippen LogP contribution in [0.1, 0.15) is 33.6 Å². The fourth-order valence-corrected chi connectivity index (χ4v) is 1.71. The molecular formula is C15H16N2O4. The Bertz CT molecular complexity index is 631. The molecule has 0 radical (unpaired) electrons. The molecular weight excluding hydrogens is 272 g/mol. The Morgan fingerprint density at radius 1 is 1.19 bits per heavy atom. The van der Waals surface area contributed by atoms with Gasteiger partial charge in [0.1, 0.15) is 5.76 Å². The van der Waals surface area contributed by atoms with Crippen molar-refractivity contribution >= 4 is 17.6 Å². The van der Waals surface area contributed by atoms with Crippen LogP contribution in [-0.2, 0) is 11.3 Å². The normalized spacial score (nSPS) is 10.2. The van der Waals surface area contributed by atoms with Gasteiger partial charge in [-0.15, -0.1) is 0 Å². The maximum Gasteiger partial charge on any atom is 0.338 e. The largest absolute Gasteiger partial charge is 0.462 e. The number of hydrogen-bond donors (Lipinski definition) is 2. The van der Waals surface area contributed by atoms with Crippen LogP contribution in [0.2, 0.25) is 0 Å². The molecule has 0 aliphatic heterocycles. The zero-order valence-corrected chi connectivity index (χ0v) is 11.6. The van der Waals surface area contributed by atoms with Crippen LogP contribution in [0.25, 0.3) is 0 Å². The first kappa shape index (κ1) is 14.8. The molecule has 1 aromatic heterocycles. The van der Waals surface area contributed by atoms with Crippen LogP contribution in [0.4, 0.5) is 5.69 Å². The molecule has 0 unspecified atom stereocenters. The molecule has 110 valence electrons. The first-order valence-electron chi connectivity index (χ1n) is 6.51. The molecule has 6 nitrogen and oxygen atoms in total. The number of rotatable bonds is 5. The van der Waals surface area contributed by atoms with Crippen LogP contribution in [0, 0.1) is 0 Å². The van der Waals surface area contributed by atoms with E-state index in [2.05, 4.69) is 5.32 Å². The van der Waals surface area contributed by atoms with E-state index < -0.39 is 5.97 Å². The number of nitrogens with two attached hydrogens (primary N) is 1. The Morgan fingerprint density at radius 2 is 1.90 bits per heavy atom. The van der Waals surface area contributed by atoms with Crippen LogP contribution >= 0.6 is 0 Å². The van der Waals surface area contributed by atoms with Crippen molar-refractivity contribution in [3.05, 3.63) is 53.5 Å². The van der Waals surface area contributed by atoms with E-state index in [9.17, 15) is 9.59 Å². The summed E-state index contributed by atoms with van der Waals surface area (Å²) in [6.45, 7) is 2.30. The molecule has 1 aromatic carbocycles. The summed E-state index contributed by atoms with van der Waals surface area (Å²) in [6, 6.07) is 9.62. The van der Waals surface area contributed by atoms with Gasteiger partial charge >= 0.3 is 5.97 Å². The van der Waals surface area contributed by atoms with Gasteiger partial charge < -0.3 is 20.2 Å². The molecule has 6 heteroatoms. The lowest BCUT2D eigenvalue weighted by molar-refractivity contribution is 0.0526. The lowest BCUT2D eigenvalue weighted by atomic mass is 10.2. The number of furan rings is 1. The highest BCUT2D eigenvalue weighted by Gasteiger charge is 2.12. The molecule has 0 aliphatic carbocycles. The first-order chi connectivity index (χ1) is 10.1. The molecule has 0 aliphatic rings. The first-order valence-corrected chi connectivity index (χ1v) is 6.51. The molecule has 0 spiro atoms. The van der Waals surface area contributed by atoms with E-state index in [0.717, 1.165) is 0 Å². The molecule has 2 aromatic rings. The van der Waals surface area contributed by atoms with Gasteiger partial charge in [0.25, 0.3) is 5.91 Å². The third-order valence-corrected chi connectivity index (χ3v) is 2.74. The van der Waals surface area contributed by atoms with E-state index >= 15 is 0 Å². The van der Waals surface area contributed by atoms with E-state index in [-0.39, 0.29) is 18.2 Å². The average molecular weight is 288 g/mol. The topological polar surface area (TPSA) is 94.6 Å². The minimum Gasteiger partial charge on any atom is -0.462 e. The second kappa shape index (κ2) is 6.71. The lowest BCUT2D eigenvalue weighted by Gasteiger charge is -2.05. The summed E-state index contributed by atoms with van der Waals surface area (Å²) in [6.07, 6.45) is 0. The van der Waals surface area contributed by atoms with Crippen molar-refractivity contribution in [2.45, 2.75) is 13.5 Å². The standard InChI is InChI=1S/C15H16N2O4/c1-2-20-15(19)10-3-5-11(6-4-10)17-14(18)13-8-7-12(9-16)21-13/h3-8H,2,9,16H2,1H3,(H,17,18). The minimum absolute atomic E-state index is 0.185. The highest BCUT2D eigenvalue weighted by Crippen LogP contribution is 2.13. The average Bonchev–Trinajstić information content (AvgIpc) is 2.97. The zero-order chi connectivity index (χ0) is 15.2. The molecule has 1 amide bonds. The van der Waals surface area contributed by atoms with Crippen molar-refractivity contribution in [2.24, 2.45) is 5.73 Å². The molecule has 21 heavy (non-hydrogen) atoms. The van der Waals surface area contributed by atoms with Crippen molar-refractivity contribution < 1.29 is 18.7 Å². The number of esters is 1. The summed E-state index contributed by atoms with van der Waals surface area (Å²) in [5, 5.41) is 2.67. The number of benzene rings is 1. The zero-order valence-electron chi connectivity index (χ0n) is 11.6. The SMILES string of the molecule is CCOC(=O)c1ccc(NC(=O)c2ccc(CN)o2)cc1. The summed E-state index contributed by atoms with van der Waals surface area (Å²) in [4.78, 5) is 23.4. The van der Waals surface area contributed by atoms with Crippen LogP contribution in [-0.4, -0.2) is 18.5 Å². The fraction of sp³-hybridized carbons (Fsp3) is 0.200. The Balaban J connectivity index is 2.02. The van der Waals surface area contributed by atoms with E-state index in [1.165, 1.54) is 0 Å². The third kappa shape index (κ3) is 3.70. The van der Waals surface area contributed by atoms with Gasteiger partial charge in [-0.1, -0.05) is 0 Å². The summed E-state index contributed by atoms with van der Waals surface area (Å²) in [5.41, 5.74) is 6.40. The van der Waals surface area contributed by atoms with E-state index in [1.807, 2.05) is 0 Å². The molecule has 2 rings (SSSR count). The van der Waals surface area contributed by atoms with Crippen molar-refractivity contribution in [1.29, 1.82) is 0 Å². The summed E-state index contributed by atoms with van der Waals surface area (Å²) in [7, 11) is 0. The Kier molecular flexibility index (Phi) is 4.73. The van der Waals surface area contributed by atoms with Gasteiger partial charge in [-0.2, -0.15) is 0 Å². The second-order valence-corrected chi connectivity index (χ2v) is 4.22. The van der Waals surface area contributed by atoms with Gasteiger partial charge in [-0.3, -0.25) is 4.79 Å². The van der Waals surface area contributed by atoms with Gasteiger partial charge in [0, 0.05) is 5.69 Å². The van der Waals surface area contributed by atoms with E-state index in [4.69, 9.17) is 14.9 Å². The highest BCUT2D eigenvalue weighted by atomic mass is 16.5. The highest BCUT2D eigenvalue weighted by molar-refractivity contribution is 6.02. The maximum absolute atomic E-state index is 11.9. The van der Waals surface area contributed by atoms with Crippen molar-refractivity contribution in [3.8, 4) is 0 Å². The van der Waals surface area contributed by atoms with Gasteiger partial charge in [-0.25, -0.2) is 4.79 Å². The van der Waals surface area contributed by atoms with Gasteiger partial charge in [0.15, 0.2) is 5.76 Å². The van der Waals surface area contributed by atoms with Crippen LogP contribution in [0.5, 0.6) is 0 Å². The van der Waals surface area contributed by atoms with E-state index in [1.54, 1.807) is 43.3 Å². The molecule has 0 saturated heterocycles. The number of hydrogen-bond acceptors (Lipinski definition) is 5. The molecule has 0 saturated carbocycles. The monoisotopic (exact) mass is 288 g/mol. The van der Waals surface area contributed by atoms with Crippen molar-refractivity contribution in [1.82, 2.24) is 0 Å². The number of amides is 1. The van der Waals surface area contributed by atoms with Gasteiger partial charge in [-0.05, 0) is 43.3 Å². The van der Waals surface area contributed by atoms with Crippen LogP contribution in [0.15, 0.2) is 40.8 Å². The Hall–Kier alpha value is -2.60. The number of nitrogens with one attached hydrogen (secondary N) is 1. The fourth-order valence-electron chi connectivity index (χ4n) is 1.71. The van der Waals surface area contributed by atoms with Crippen LogP contribution < -0.4 is 11.1 Å². The summed E-state index contributed by atoms with van der Waals surface area (Å²) in [5.74, 6) is -0.0460. The number of carbonyl (C=O) groups excluding carboxylic acids is 2. The lowest BCUT2D eigenvalue weighted by Crippen LogP contribution is -2.11. The van der Waals surface area contributed by atoms with Gasteiger partial charge in [0.2, 0.25) is 0 Å². The predicted molar refractivity (Wildman–Crippen MR) is 77.0 cm³/mol. The van der Waals surface area contributed by atoms with Crippen molar-refractivity contribution in [2.75, 3.05) is 11.9 Å². The predicted octanol–water partition coefficient (Wildman–Crippen LogP) is 2.17. The smallest absolute Gasteiger partial charge is 0.338 e. The maximum atomic E-state index is 11.9. The number of ether oxygens (including phenoxy) is 1. The summed E-state index contributed by atoms with van der Waals surface area (Å²) >= 11 is 0. The third-order valence-electron chi connectivity index (χ3n) is 2.74. The Morgan fingerprint density at radius 3 is 2.48 bits per heavy atom. The quantitative estimate of drug-likeness (QED) is 0.822. The summed E-state index contributed by atoms with van der Waals surface area (Å²) < 4.78 is 10.1. The molecule has 3 N–H and O–H groups in total. The number of anilines is 1. The second-order valence-electron chi connectivity index (χ2n) is 4.22. The Labute approximate surface area is 121 Å². The minimum atomic E-state index is -0.394. The molecule has 1 heterocycles. The molecule has 0 atom stereocenters.